The normalized spacial score (nSPS) is 23.0. The number of alkyl halides is 3. The van der Waals surface area contributed by atoms with E-state index in [2.05, 4.69) is 16.0 Å². The van der Waals surface area contributed by atoms with Crippen LogP contribution in [0.5, 0.6) is 5.75 Å². The first-order chi connectivity index (χ1) is 21.9. The summed E-state index contributed by atoms with van der Waals surface area (Å²) >= 11 is 0. The Morgan fingerprint density at radius 1 is 1.07 bits per heavy atom. The van der Waals surface area contributed by atoms with Gasteiger partial charge in [0.2, 0.25) is 17.6 Å². The van der Waals surface area contributed by atoms with Crippen LogP contribution in [0.4, 0.5) is 17.6 Å². The Bertz CT molecular complexity index is 1510. The smallest absolute Gasteiger partial charge is 0.416 e. The summed E-state index contributed by atoms with van der Waals surface area (Å²) in [4.78, 5) is 65.8. The molecule has 5 rings (SSSR count). The molecule has 246 valence electrons. The van der Waals surface area contributed by atoms with Crippen molar-refractivity contribution in [1.29, 1.82) is 0 Å². The standard InChI is InChI=1S/C32H34F4N4O6/c1-37-31(45)28(42)25(13-18-11-12-38-29(18)43)39-30(44)27-23-4-2-3-19(23)15-40(27)26(41)16-46-21-9-10-22(24(33)14-21)17-5-7-20(8-6-17)32(34,35)36/h5-10,14,18-19,23,25,27H,2-4,11-13,15-16H2,1H3,(H,37,45)(H,38,43)(H,39,44)/t18-,19-,23-,25-,27-/m0/s1. The molecular formula is C32H34F4N4O6. The molecule has 14 heteroatoms. The summed E-state index contributed by atoms with van der Waals surface area (Å²) in [5, 5.41) is 7.59. The van der Waals surface area contributed by atoms with Crippen molar-refractivity contribution in [3.05, 3.63) is 53.8 Å². The first-order valence-corrected chi connectivity index (χ1v) is 15.1. The van der Waals surface area contributed by atoms with Crippen molar-refractivity contribution in [2.75, 3.05) is 26.7 Å². The molecule has 3 fully saturated rings. The highest BCUT2D eigenvalue weighted by atomic mass is 19.4. The van der Waals surface area contributed by atoms with Crippen molar-refractivity contribution in [1.82, 2.24) is 20.9 Å². The van der Waals surface area contributed by atoms with Crippen LogP contribution in [-0.2, 0) is 30.1 Å². The van der Waals surface area contributed by atoms with E-state index in [0.717, 1.165) is 43.2 Å². The van der Waals surface area contributed by atoms with Crippen LogP contribution in [0.25, 0.3) is 11.1 Å². The topological polar surface area (TPSA) is 134 Å². The van der Waals surface area contributed by atoms with Crippen molar-refractivity contribution < 1.29 is 46.3 Å². The van der Waals surface area contributed by atoms with Crippen LogP contribution in [-0.4, -0.2) is 73.1 Å². The fraction of sp³-hybridized carbons (Fsp3) is 0.469. The molecule has 2 aromatic rings. The Hall–Kier alpha value is -4.49. The molecular weight excluding hydrogens is 612 g/mol. The summed E-state index contributed by atoms with van der Waals surface area (Å²) in [5.41, 5.74) is -0.581. The molecule has 2 aromatic carbocycles. The third kappa shape index (κ3) is 7.00. The number of amides is 4. The van der Waals surface area contributed by atoms with Crippen LogP contribution in [0, 0.1) is 23.6 Å². The van der Waals surface area contributed by atoms with Gasteiger partial charge < -0.3 is 25.6 Å². The predicted molar refractivity (Wildman–Crippen MR) is 155 cm³/mol. The van der Waals surface area contributed by atoms with Crippen LogP contribution in [0.1, 0.15) is 37.7 Å². The van der Waals surface area contributed by atoms with E-state index < -0.39 is 65.7 Å². The van der Waals surface area contributed by atoms with Crippen molar-refractivity contribution in [3.63, 3.8) is 0 Å². The molecule has 2 aliphatic heterocycles. The van der Waals surface area contributed by atoms with Gasteiger partial charge in [0.1, 0.15) is 17.6 Å². The lowest BCUT2D eigenvalue weighted by Crippen LogP contribution is -2.55. The third-order valence-corrected chi connectivity index (χ3v) is 9.07. The number of carbonyl (C=O) groups is 5. The predicted octanol–water partition coefficient (Wildman–Crippen LogP) is 2.84. The number of carbonyl (C=O) groups excluding carboxylic acids is 5. The van der Waals surface area contributed by atoms with Gasteiger partial charge in [0.05, 0.1) is 11.6 Å². The Labute approximate surface area is 262 Å². The van der Waals surface area contributed by atoms with Crippen LogP contribution >= 0.6 is 0 Å². The van der Waals surface area contributed by atoms with Crippen LogP contribution < -0.4 is 20.7 Å². The third-order valence-electron chi connectivity index (χ3n) is 9.07. The minimum absolute atomic E-state index is 0.00739. The number of benzene rings is 2. The Balaban J connectivity index is 1.27. The zero-order valence-electron chi connectivity index (χ0n) is 25.0. The highest BCUT2D eigenvalue weighted by Gasteiger charge is 2.50. The Kier molecular flexibility index (Phi) is 9.63. The minimum atomic E-state index is -4.52. The van der Waals surface area contributed by atoms with Gasteiger partial charge in [-0.2, -0.15) is 13.2 Å². The lowest BCUT2D eigenvalue weighted by Gasteiger charge is -2.29. The number of hydrogen-bond acceptors (Lipinski definition) is 6. The second-order valence-corrected chi connectivity index (χ2v) is 11.9. The average molecular weight is 647 g/mol. The number of likely N-dealkylation sites (N-methyl/N-ethyl adjacent to an activating group) is 1. The van der Waals surface area contributed by atoms with Gasteiger partial charge in [-0.1, -0.05) is 18.6 Å². The maximum atomic E-state index is 14.9. The van der Waals surface area contributed by atoms with Crippen molar-refractivity contribution in [2.24, 2.45) is 17.8 Å². The molecule has 5 atom stereocenters. The zero-order chi connectivity index (χ0) is 33.2. The molecule has 2 heterocycles. The quantitative estimate of drug-likeness (QED) is 0.269. The monoisotopic (exact) mass is 646 g/mol. The maximum Gasteiger partial charge on any atom is 0.416 e. The fourth-order valence-electron chi connectivity index (χ4n) is 6.71. The van der Waals surface area contributed by atoms with E-state index in [1.807, 2.05) is 0 Å². The molecule has 0 bridgehead atoms. The summed E-state index contributed by atoms with van der Waals surface area (Å²) in [6.45, 7) is 0.186. The molecule has 3 aliphatic rings. The minimum Gasteiger partial charge on any atom is -0.484 e. The van der Waals surface area contributed by atoms with Crippen LogP contribution in [0.2, 0.25) is 0 Å². The molecule has 0 aromatic heterocycles. The highest BCUT2D eigenvalue weighted by molar-refractivity contribution is 6.38. The van der Waals surface area contributed by atoms with Gasteiger partial charge in [-0.25, -0.2) is 4.39 Å². The van der Waals surface area contributed by atoms with Gasteiger partial charge in [-0.15, -0.1) is 0 Å². The highest BCUT2D eigenvalue weighted by Crippen LogP contribution is 2.42. The van der Waals surface area contributed by atoms with Gasteiger partial charge in [-0.05, 0) is 67.3 Å². The Morgan fingerprint density at radius 3 is 2.43 bits per heavy atom. The van der Waals surface area contributed by atoms with Crippen LogP contribution in [0.15, 0.2) is 42.5 Å². The van der Waals surface area contributed by atoms with E-state index in [9.17, 15) is 41.5 Å². The first kappa shape index (κ1) is 32.9. The lowest BCUT2D eigenvalue weighted by molar-refractivity contribution is -0.143. The van der Waals surface area contributed by atoms with E-state index in [-0.39, 0.29) is 47.6 Å². The van der Waals surface area contributed by atoms with Gasteiger partial charge in [0, 0.05) is 37.7 Å². The molecule has 1 aliphatic carbocycles. The number of nitrogens with zero attached hydrogens (tertiary/aromatic N) is 1. The summed E-state index contributed by atoms with van der Waals surface area (Å²) in [5.74, 6) is -4.64. The average Bonchev–Trinajstić information content (AvgIpc) is 3.75. The molecule has 3 N–H and O–H groups in total. The van der Waals surface area contributed by atoms with Crippen molar-refractivity contribution >= 4 is 29.4 Å². The number of ketones is 1. The van der Waals surface area contributed by atoms with Crippen LogP contribution in [0.3, 0.4) is 0 Å². The second-order valence-electron chi connectivity index (χ2n) is 11.9. The zero-order valence-corrected chi connectivity index (χ0v) is 25.0. The van der Waals surface area contributed by atoms with E-state index in [0.29, 0.717) is 19.4 Å². The first-order valence-electron chi connectivity index (χ1n) is 15.1. The number of fused-ring (bicyclic) bond motifs is 1. The SMILES string of the molecule is CNC(=O)C(=O)[C@H](C[C@@H]1CCNC1=O)NC(=O)[C@@H]1[C@H]2CCC[C@H]2CN1C(=O)COc1ccc(-c2ccc(C(F)(F)F)cc2)c(F)c1. The number of rotatable bonds is 10. The summed E-state index contributed by atoms with van der Waals surface area (Å²) in [6.07, 6.45) is -1.77. The summed E-state index contributed by atoms with van der Waals surface area (Å²) in [6, 6.07) is 5.60. The molecule has 1 saturated carbocycles. The fourth-order valence-corrected chi connectivity index (χ4v) is 6.71. The molecule has 0 radical (unpaired) electrons. The number of likely N-dealkylation sites (tertiary alicyclic amines) is 1. The summed E-state index contributed by atoms with van der Waals surface area (Å²) in [7, 11) is 1.29. The number of hydrogen-bond donors (Lipinski definition) is 3. The van der Waals surface area contributed by atoms with Gasteiger partial charge in [0.15, 0.2) is 6.61 Å². The maximum absolute atomic E-state index is 14.9. The van der Waals surface area contributed by atoms with E-state index in [4.69, 9.17) is 4.74 Å². The van der Waals surface area contributed by atoms with E-state index in [1.165, 1.54) is 24.1 Å². The largest absolute Gasteiger partial charge is 0.484 e. The van der Waals surface area contributed by atoms with E-state index >= 15 is 0 Å². The number of halogens is 4. The number of ether oxygens (including phenoxy) is 1. The number of Topliss-reactive ketones (excluding diaryl/α,β-unsaturated/α-hetero) is 1. The van der Waals surface area contributed by atoms with Gasteiger partial charge >= 0.3 is 6.18 Å². The van der Waals surface area contributed by atoms with Crippen molar-refractivity contribution in [3.8, 4) is 16.9 Å². The van der Waals surface area contributed by atoms with Gasteiger partial charge in [0.25, 0.3) is 11.8 Å². The van der Waals surface area contributed by atoms with E-state index in [1.54, 1.807) is 0 Å². The summed E-state index contributed by atoms with van der Waals surface area (Å²) < 4.78 is 59.1. The molecule has 10 nitrogen and oxygen atoms in total. The molecule has 2 saturated heterocycles. The van der Waals surface area contributed by atoms with Crippen molar-refractivity contribution in [2.45, 2.75) is 50.4 Å². The Morgan fingerprint density at radius 2 is 1.80 bits per heavy atom. The number of nitrogens with one attached hydrogen (secondary N) is 3. The lowest BCUT2D eigenvalue weighted by atomic mass is 9.91. The molecule has 4 amide bonds. The second kappa shape index (κ2) is 13.5. The molecule has 0 unspecified atom stereocenters. The molecule has 0 spiro atoms. The van der Waals surface area contributed by atoms with Gasteiger partial charge in [-0.3, -0.25) is 24.0 Å². The molecule has 46 heavy (non-hydrogen) atoms.